The maximum Gasteiger partial charge on any atom is 0.573 e. The normalized spacial score (nSPS) is 11.0. The number of benzene rings is 2. The fourth-order valence-corrected chi connectivity index (χ4v) is 3.17. The van der Waals surface area contributed by atoms with Crippen molar-refractivity contribution in [3.63, 3.8) is 0 Å². The van der Waals surface area contributed by atoms with Crippen LogP contribution in [-0.2, 0) is 13.0 Å². The van der Waals surface area contributed by atoms with Crippen LogP contribution >= 0.6 is 0 Å². The number of nitrogens with zero attached hydrogens (tertiary/aromatic N) is 1. The summed E-state index contributed by atoms with van der Waals surface area (Å²) in [5, 5.41) is 13.4. The van der Waals surface area contributed by atoms with E-state index in [-0.39, 0.29) is 12.4 Å². The number of halogens is 3. The minimum absolute atomic E-state index is 0.00517. The van der Waals surface area contributed by atoms with Crippen molar-refractivity contribution in [1.29, 1.82) is 0 Å². The standard InChI is InChI=1S/C20H19F3N2O2.C3H6/c1-24-12-14-11-18(13-4-6-15(7-5-13)27-20(21,22)23)17-3-2-9-25-19(17)16(14)8-10-26;1-3-2/h2-7,9,11,24,26H,8,10,12H2,1H3;3H,1H2,2H3. The lowest BCUT2D eigenvalue weighted by Gasteiger charge is -2.16. The second-order valence-electron chi connectivity index (χ2n) is 6.45. The highest BCUT2D eigenvalue weighted by Crippen LogP contribution is 2.34. The summed E-state index contributed by atoms with van der Waals surface area (Å²) in [5.74, 6) is -0.263. The zero-order valence-electron chi connectivity index (χ0n) is 17.0. The largest absolute Gasteiger partial charge is 0.573 e. The summed E-state index contributed by atoms with van der Waals surface area (Å²) >= 11 is 0. The summed E-state index contributed by atoms with van der Waals surface area (Å²) < 4.78 is 41.1. The number of aliphatic hydroxyl groups is 1. The molecule has 4 nitrogen and oxygen atoms in total. The molecule has 0 atom stereocenters. The van der Waals surface area contributed by atoms with Crippen molar-refractivity contribution in [2.75, 3.05) is 13.7 Å². The van der Waals surface area contributed by atoms with E-state index in [1.807, 2.05) is 32.2 Å². The number of pyridine rings is 1. The first kappa shape index (κ1) is 23.4. The van der Waals surface area contributed by atoms with E-state index in [1.165, 1.54) is 12.1 Å². The highest BCUT2D eigenvalue weighted by Gasteiger charge is 2.31. The number of alkyl halides is 3. The molecule has 0 aliphatic heterocycles. The van der Waals surface area contributed by atoms with E-state index in [0.717, 1.165) is 33.2 Å². The van der Waals surface area contributed by atoms with Crippen LogP contribution in [0, 0.1) is 0 Å². The average molecular weight is 418 g/mol. The lowest BCUT2D eigenvalue weighted by atomic mass is 9.92. The van der Waals surface area contributed by atoms with Crippen molar-refractivity contribution in [1.82, 2.24) is 10.3 Å². The molecule has 160 valence electrons. The van der Waals surface area contributed by atoms with Gasteiger partial charge in [-0.2, -0.15) is 0 Å². The third-order valence-corrected chi connectivity index (χ3v) is 4.22. The minimum Gasteiger partial charge on any atom is -0.406 e. The van der Waals surface area contributed by atoms with Gasteiger partial charge >= 0.3 is 6.36 Å². The van der Waals surface area contributed by atoms with Gasteiger partial charge in [-0.3, -0.25) is 4.98 Å². The van der Waals surface area contributed by atoms with Gasteiger partial charge in [0.25, 0.3) is 0 Å². The molecule has 1 aromatic heterocycles. The summed E-state index contributed by atoms with van der Waals surface area (Å²) in [7, 11) is 1.83. The number of hydrogen-bond acceptors (Lipinski definition) is 4. The fourth-order valence-electron chi connectivity index (χ4n) is 3.17. The van der Waals surface area contributed by atoms with Crippen molar-refractivity contribution in [3.8, 4) is 16.9 Å². The molecule has 0 amide bonds. The quantitative estimate of drug-likeness (QED) is 0.537. The van der Waals surface area contributed by atoms with Crippen molar-refractivity contribution in [3.05, 3.63) is 72.4 Å². The Morgan fingerprint density at radius 1 is 1.20 bits per heavy atom. The molecule has 0 aliphatic carbocycles. The zero-order chi connectivity index (χ0) is 22.1. The van der Waals surface area contributed by atoms with Gasteiger partial charge in [-0.25, -0.2) is 0 Å². The number of aliphatic hydroxyl groups excluding tert-OH is 1. The third-order valence-electron chi connectivity index (χ3n) is 4.22. The molecule has 0 fully saturated rings. The monoisotopic (exact) mass is 418 g/mol. The Morgan fingerprint density at radius 3 is 2.43 bits per heavy atom. The van der Waals surface area contributed by atoms with Gasteiger partial charge in [-0.15, -0.1) is 19.8 Å². The van der Waals surface area contributed by atoms with Crippen LogP contribution in [0.3, 0.4) is 0 Å². The van der Waals surface area contributed by atoms with Gasteiger partial charge in [0.15, 0.2) is 0 Å². The molecule has 0 aliphatic rings. The Morgan fingerprint density at radius 2 is 1.87 bits per heavy atom. The Balaban J connectivity index is 0.00000101. The van der Waals surface area contributed by atoms with Crippen LogP contribution in [-0.4, -0.2) is 30.1 Å². The van der Waals surface area contributed by atoms with Crippen molar-refractivity contribution in [2.24, 2.45) is 0 Å². The molecule has 0 bridgehead atoms. The van der Waals surface area contributed by atoms with Crippen molar-refractivity contribution >= 4 is 10.9 Å². The smallest absolute Gasteiger partial charge is 0.406 e. The Bertz CT molecular complexity index is 971. The second-order valence-corrected chi connectivity index (χ2v) is 6.45. The van der Waals surface area contributed by atoms with Crippen LogP contribution in [0.15, 0.2) is 61.3 Å². The summed E-state index contributed by atoms with van der Waals surface area (Å²) in [5.41, 5.74) is 4.36. The molecular weight excluding hydrogens is 393 g/mol. The molecule has 3 rings (SSSR count). The first-order chi connectivity index (χ1) is 14.3. The number of rotatable bonds is 6. The summed E-state index contributed by atoms with van der Waals surface area (Å²) in [6, 6.07) is 11.5. The number of fused-ring (bicyclic) bond motifs is 1. The lowest BCUT2D eigenvalue weighted by molar-refractivity contribution is -0.274. The fraction of sp³-hybridized carbons (Fsp3) is 0.261. The van der Waals surface area contributed by atoms with E-state index in [9.17, 15) is 18.3 Å². The Kier molecular flexibility index (Phi) is 8.38. The van der Waals surface area contributed by atoms with Gasteiger partial charge < -0.3 is 15.2 Å². The molecule has 1 heterocycles. The van der Waals surface area contributed by atoms with Crippen molar-refractivity contribution in [2.45, 2.75) is 26.3 Å². The number of hydrogen-bond donors (Lipinski definition) is 2. The minimum atomic E-state index is -4.72. The molecule has 0 spiro atoms. The van der Waals surface area contributed by atoms with Gasteiger partial charge in [-0.05, 0) is 66.9 Å². The number of allylic oxidation sites excluding steroid dienone is 1. The summed E-state index contributed by atoms with van der Waals surface area (Å²) in [6.45, 7) is 5.84. The molecular formula is C23H25F3N2O2. The van der Waals surface area contributed by atoms with E-state index in [1.54, 1.807) is 24.4 Å². The lowest BCUT2D eigenvalue weighted by Crippen LogP contribution is -2.16. The molecule has 3 aromatic rings. The second kappa shape index (κ2) is 10.8. The van der Waals surface area contributed by atoms with E-state index in [0.29, 0.717) is 13.0 Å². The summed E-state index contributed by atoms with van der Waals surface area (Å²) in [4.78, 5) is 4.48. The van der Waals surface area contributed by atoms with E-state index >= 15 is 0 Å². The SMILES string of the molecule is C=CC.CNCc1cc(-c2ccc(OC(F)(F)F)cc2)c2cccnc2c1CCO. The van der Waals surface area contributed by atoms with Gasteiger partial charge in [0.05, 0.1) is 5.52 Å². The highest BCUT2D eigenvalue weighted by molar-refractivity contribution is 5.97. The van der Waals surface area contributed by atoms with E-state index in [2.05, 4.69) is 21.6 Å². The van der Waals surface area contributed by atoms with E-state index < -0.39 is 6.36 Å². The van der Waals surface area contributed by atoms with Crippen LogP contribution in [0.2, 0.25) is 0 Å². The molecule has 0 saturated heterocycles. The maximum absolute atomic E-state index is 12.4. The third kappa shape index (κ3) is 6.05. The predicted octanol–water partition coefficient (Wildman–Crippen LogP) is 5.25. The van der Waals surface area contributed by atoms with Crippen LogP contribution < -0.4 is 10.1 Å². The van der Waals surface area contributed by atoms with Gasteiger partial charge in [0, 0.05) is 24.7 Å². The van der Waals surface area contributed by atoms with Gasteiger partial charge in [-0.1, -0.05) is 24.3 Å². The maximum atomic E-state index is 12.4. The van der Waals surface area contributed by atoms with Crippen molar-refractivity contribution < 1.29 is 23.0 Å². The molecule has 0 unspecified atom stereocenters. The van der Waals surface area contributed by atoms with E-state index in [4.69, 9.17) is 0 Å². The number of nitrogens with one attached hydrogen (secondary N) is 1. The zero-order valence-corrected chi connectivity index (χ0v) is 17.0. The molecule has 7 heteroatoms. The molecule has 0 saturated carbocycles. The first-order valence-corrected chi connectivity index (χ1v) is 9.42. The predicted molar refractivity (Wildman–Crippen MR) is 113 cm³/mol. The molecule has 2 aromatic carbocycles. The molecule has 30 heavy (non-hydrogen) atoms. The Labute approximate surface area is 174 Å². The van der Waals surface area contributed by atoms with Crippen LogP contribution in [0.4, 0.5) is 13.2 Å². The van der Waals surface area contributed by atoms with Crippen LogP contribution in [0.5, 0.6) is 5.75 Å². The van der Waals surface area contributed by atoms with Gasteiger partial charge in [0.1, 0.15) is 5.75 Å². The van der Waals surface area contributed by atoms with Crippen LogP contribution in [0.25, 0.3) is 22.0 Å². The van der Waals surface area contributed by atoms with Gasteiger partial charge in [0.2, 0.25) is 0 Å². The number of ether oxygens (including phenoxy) is 1. The number of aromatic nitrogens is 1. The first-order valence-electron chi connectivity index (χ1n) is 9.42. The summed E-state index contributed by atoms with van der Waals surface area (Å²) in [6.07, 6.45) is -0.802. The Hall–Kier alpha value is -2.90. The highest BCUT2D eigenvalue weighted by atomic mass is 19.4. The average Bonchev–Trinajstić information content (AvgIpc) is 2.70. The topological polar surface area (TPSA) is 54.4 Å². The van der Waals surface area contributed by atoms with Crippen LogP contribution in [0.1, 0.15) is 18.1 Å². The molecule has 2 N–H and O–H groups in total. The molecule has 0 radical (unpaired) electrons.